The molecule has 8 N–H and O–H groups in total. The molecule has 8 atom stereocenters. The minimum Gasteiger partial charge on any atom is -0.393 e. The first-order chi connectivity index (χ1) is 69.8. The van der Waals surface area contributed by atoms with E-state index in [1.165, 1.54) is 93.9 Å². The lowest BCUT2D eigenvalue weighted by Gasteiger charge is -2.23. The third-order valence-corrected chi connectivity index (χ3v) is 27.6. The maximum atomic E-state index is 13.7. The van der Waals surface area contributed by atoms with Crippen molar-refractivity contribution in [1.29, 1.82) is 0 Å². The molecule has 0 radical (unpaired) electrons. The first kappa shape index (κ1) is 106. The third-order valence-electron chi connectivity index (χ3n) is 23.6. The number of ether oxygens (including phenoxy) is 2. The van der Waals surface area contributed by atoms with Gasteiger partial charge in [0.1, 0.15) is 25.4 Å². The Kier molecular flexibility index (Phi) is 34.3. The lowest BCUT2D eigenvalue weighted by Crippen LogP contribution is -2.38. The topological polar surface area (TPSA) is 575 Å². The number of aromatic nitrogens is 4. The van der Waals surface area contributed by atoms with Crippen LogP contribution in [0.5, 0.6) is 0 Å². The number of nitrogens with zero attached hydrogens (tertiary/aromatic N) is 11. The summed E-state index contributed by atoms with van der Waals surface area (Å²) in [5, 5.41) is 75.2. The van der Waals surface area contributed by atoms with Gasteiger partial charge in [0.2, 0.25) is 23.6 Å². The maximum Gasteiger partial charge on any atom is 0.295 e. The number of halogens is 1. The zero-order valence-electron chi connectivity index (χ0n) is 76.4. The predicted octanol–water partition coefficient (Wildman–Crippen LogP) is 16.2. The average molecular weight is 2190 g/mol. The van der Waals surface area contributed by atoms with Crippen molar-refractivity contribution >= 4 is 189 Å². The molecule has 15 aromatic rings. The standard InChI is InChI=1S/C29H25N3O5S.C26H19N5O9S.C26H21N3O5S.C18H17N5O7S.CH4.HI.H2/c1-29(2)36-16-23(37-29)18-9-7-17(8-10-18)22(15-32-27(34)20-5-3-4-6-21(20)28(32)35)26(33)31-25-13-19-11-12-30-14-24(19)38-25;32-24(28-23-11-17-9-10-27-12-22(17)41-23)20(13-29-25(33)18-3-1-2-4-19(18)26(29)34)15-5-7-16(8-6-15)21(40-31(37)38)14-39-30(35)36;30-14-21(31)16-7-5-15(6-8-16)20(13-29-25(33)18-3-1-2-4-19(18)26(29)34)24(32)28-23-11-17-9-10-27-12-22(17)35-23;19-8-14(18(24)21-17-7-13-5-6-20-9-16(13)31-17)11-1-3-12(4-2-11)15(30-23(27)28)10-29-22(25)26;;;/h3-14,22-23H,15-16H2,1-2H3,(H,31,33);1-12,20-21H,13-14H2,(H,28,32);1-12,20-21,30-31H,13-14H2,(H,28,32);1-7,9,14-15H,8,10,19H2,(H,21,24);1H4;2*1H. The molecule has 0 saturated carbocycles. The van der Waals surface area contributed by atoms with Gasteiger partial charge >= 0.3 is 0 Å². The van der Waals surface area contributed by atoms with Crippen molar-refractivity contribution in [2.24, 2.45) is 5.73 Å². The number of anilines is 4. The van der Waals surface area contributed by atoms with Crippen molar-refractivity contribution in [3.8, 4) is 0 Å². The fraction of sp³-hybridized carbons (Fsp3) is 0.200. The van der Waals surface area contributed by atoms with Gasteiger partial charge in [-0.15, -0.1) is 110 Å². The van der Waals surface area contributed by atoms with Crippen molar-refractivity contribution in [3.05, 3.63) is 386 Å². The first-order valence-electron chi connectivity index (χ1n) is 44.1. The second kappa shape index (κ2) is 47.4. The van der Waals surface area contributed by atoms with E-state index in [1.54, 1.807) is 159 Å². The molecule has 42 nitrogen and oxygen atoms in total. The summed E-state index contributed by atoms with van der Waals surface area (Å²) in [6, 6.07) is 60.2. The second-order valence-corrected chi connectivity index (χ2v) is 37.5. The molecule has 12 heterocycles. The van der Waals surface area contributed by atoms with Gasteiger partial charge in [-0.05, 0) is 165 Å². The van der Waals surface area contributed by atoms with Crippen LogP contribution in [0.4, 0.5) is 20.0 Å². The second-order valence-electron chi connectivity index (χ2n) is 33.2. The number of fused-ring (bicyclic) bond motifs is 7. The van der Waals surface area contributed by atoms with E-state index in [0.29, 0.717) is 76.7 Å². The van der Waals surface area contributed by atoms with Crippen LogP contribution in [-0.4, -0.2) is 183 Å². The number of aliphatic hydroxyl groups excluding tert-OH is 2. The summed E-state index contributed by atoms with van der Waals surface area (Å²) in [5.41, 5.74) is 11.7. The van der Waals surface area contributed by atoms with Gasteiger partial charge in [-0.3, -0.25) is 82.6 Å². The molecule has 4 aliphatic heterocycles. The van der Waals surface area contributed by atoms with E-state index in [0.717, 1.165) is 60.6 Å². The number of imide groups is 3. The summed E-state index contributed by atoms with van der Waals surface area (Å²) in [6.45, 7) is 1.85. The van der Waals surface area contributed by atoms with E-state index in [2.05, 4.69) is 60.6 Å². The van der Waals surface area contributed by atoms with Crippen LogP contribution in [0, 0.1) is 40.5 Å². The average Bonchev–Trinajstić information content (AvgIpc) is 1.63. The molecule has 0 spiro atoms. The monoisotopic (exact) mass is 2180 g/mol. The molecule has 756 valence electrons. The number of nitrogens with one attached hydrogen (secondary N) is 4. The first-order valence-corrected chi connectivity index (χ1v) is 47.4. The number of nitrogens with two attached hydrogens (primary N) is 1. The Morgan fingerprint density at radius 1 is 0.429 bits per heavy atom. The Balaban J connectivity index is 0.000000164. The molecule has 19 rings (SSSR count). The number of carbonyl (C=O) groups is 10. The van der Waals surface area contributed by atoms with E-state index in [1.807, 2.05) is 74.5 Å². The molecule has 47 heteroatoms. The van der Waals surface area contributed by atoms with Crippen LogP contribution in [0.25, 0.3) is 40.3 Å². The van der Waals surface area contributed by atoms with Crippen LogP contribution >= 0.6 is 69.3 Å². The summed E-state index contributed by atoms with van der Waals surface area (Å²) in [4.78, 5) is 211. The largest absolute Gasteiger partial charge is 0.393 e. The quantitative estimate of drug-likeness (QED) is 0.00852. The molecule has 1 saturated heterocycles. The number of pyridine rings is 4. The molecule has 4 aliphatic rings. The minimum absolute atomic E-state index is 0. The highest BCUT2D eigenvalue weighted by Crippen LogP contribution is 2.41. The highest BCUT2D eigenvalue weighted by molar-refractivity contribution is 14.0. The van der Waals surface area contributed by atoms with Gasteiger partial charge in [0.05, 0.1) is 109 Å². The smallest absolute Gasteiger partial charge is 0.295 e. The zero-order valence-corrected chi connectivity index (χ0v) is 82.0. The van der Waals surface area contributed by atoms with Crippen LogP contribution in [0.15, 0.2) is 268 Å². The van der Waals surface area contributed by atoms with Crippen molar-refractivity contribution < 1.29 is 109 Å². The molecule has 7 aromatic carbocycles. The Morgan fingerprint density at radius 3 is 0.946 bits per heavy atom. The van der Waals surface area contributed by atoms with Crippen LogP contribution < -0.4 is 27.0 Å². The van der Waals surface area contributed by atoms with E-state index >= 15 is 0 Å². The molecular formula is C100H89IN16O26S4. The summed E-state index contributed by atoms with van der Waals surface area (Å²) in [6.07, 6.45) is 9.54. The van der Waals surface area contributed by atoms with Gasteiger partial charge in [0, 0.05) is 77.2 Å². The molecule has 147 heavy (non-hydrogen) atoms. The number of rotatable bonds is 34. The van der Waals surface area contributed by atoms with Gasteiger partial charge in [-0.1, -0.05) is 141 Å². The number of benzene rings is 7. The van der Waals surface area contributed by atoms with Crippen molar-refractivity contribution in [2.45, 2.75) is 75.1 Å². The summed E-state index contributed by atoms with van der Waals surface area (Å²) >= 11 is 5.48. The van der Waals surface area contributed by atoms with Crippen LogP contribution in [0.2, 0.25) is 0 Å². The van der Waals surface area contributed by atoms with Gasteiger partial charge in [-0.2, -0.15) is 0 Å². The SMILES string of the molecule is C.CC1(C)OCC(c2ccc(C(CN3C(=O)c4ccccc4C3=O)C(=O)Nc3cc4ccncc4s3)cc2)O1.I.NCC(C(=O)Nc1cc2ccncc2s1)c1ccc(C(CO[N+](=O)[O-])O[N+](=O)[O-])cc1.O=C(Nc1cc2ccncc2s1)C(CN1C(=O)c2ccccc2C1=O)c1ccc(C(CO[N+](=O)[O-])O[N+](=O)[O-])cc1.O=C(Nc1cc2ccncc2s1)C(CN1C(=O)c2ccccc2C1=O)c1ccc(C(O)CO)cc1.[HH]. The van der Waals surface area contributed by atoms with E-state index in [4.69, 9.17) is 15.2 Å². The van der Waals surface area contributed by atoms with Crippen molar-refractivity contribution in [1.82, 2.24) is 34.6 Å². The van der Waals surface area contributed by atoms with Crippen LogP contribution in [0.1, 0.15) is 177 Å². The number of hydrogen-bond acceptors (Lipinski definition) is 35. The number of carbonyl (C=O) groups excluding carboxylic acids is 10. The lowest BCUT2D eigenvalue weighted by atomic mass is 9.95. The Morgan fingerprint density at radius 2 is 0.694 bits per heavy atom. The van der Waals surface area contributed by atoms with Crippen LogP contribution in [-0.2, 0) is 48.0 Å². The van der Waals surface area contributed by atoms with Crippen LogP contribution in [0.3, 0.4) is 0 Å². The van der Waals surface area contributed by atoms with E-state index in [-0.39, 0.29) is 105 Å². The normalized spacial score (nSPS) is 15.0. The molecular weight excluding hydrogens is 2100 g/mol. The number of aliphatic hydroxyl groups is 2. The third kappa shape index (κ3) is 25.2. The van der Waals surface area contributed by atoms with Crippen molar-refractivity contribution in [3.63, 3.8) is 0 Å². The Bertz CT molecular complexity index is 7280. The van der Waals surface area contributed by atoms with Crippen molar-refractivity contribution in [2.75, 3.05) is 73.9 Å². The highest BCUT2D eigenvalue weighted by Gasteiger charge is 2.43. The molecule has 0 aliphatic carbocycles. The maximum absolute atomic E-state index is 13.7. The Hall–Kier alpha value is -16.4. The highest BCUT2D eigenvalue weighted by atomic mass is 127. The fourth-order valence-corrected chi connectivity index (χ4v) is 20.1. The summed E-state index contributed by atoms with van der Waals surface area (Å²) < 4.78 is 15.3. The van der Waals surface area contributed by atoms with E-state index in [9.17, 15) is 98.6 Å². The van der Waals surface area contributed by atoms with E-state index < -0.39 is 129 Å². The predicted molar refractivity (Wildman–Crippen MR) is 552 cm³/mol. The molecule has 10 amide bonds. The zero-order chi connectivity index (χ0) is 102. The molecule has 8 unspecified atom stereocenters. The fourth-order valence-electron chi connectivity index (χ4n) is 16.4. The number of hydrogen-bond donors (Lipinski definition) is 7. The van der Waals surface area contributed by atoms with Gasteiger partial charge in [-0.25, -0.2) is 0 Å². The van der Waals surface area contributed by atoms with Gasteiger partial charge in [0.15, 0.2) is 18.0 Å². The minimum atomic E-state index is -1.42. The number of thiophene rings is 4. The lowest BCUT2D eigenvalue weighted by molar-refractivity contribution is -0.792. The van der Waals surface area contributed by atoms with Gasteiger partial charge < -0.3 is 66.0 Å². The molecule has 1 fully saturated rings. The number of amides is 10. The molecule has 8 aromatic heterocycles. The summed E-state index contributed by atoms with van der Waals surface area (Å²) in [5.74, 6) is -8.29. The summed E-state index contributed by atoms with van der Waals surface area (Å²) in [7, 11) is 0. The van der Waals surface area contributed by atoms with Gasteiger partial charge in [0.25, 0.3) is 55.8 Å². The molecule has 0 bridgehead atoms. The Labute approximate surface area is 867 Å².